The molecule has 0 saturated carbocycles. The van der Waals surface area contributed by atoms with Crippen LogP contribution in [0.3, 0.4) is 0 Å². The van der Waals surface area contributed by atoms with Crippen molar-refractivity contribution in [2.75, 3.05) is 0 Å². The first-order valence-electron chi connectivity index (χ1n) is 5.91. The Kier molecular flexibility index (Phi) is 3.62. The van der Waals surface area contributed by atoms with Gasteiger partial charge in [0.15, 0.2) is 0 Å². The maximum absolute atomic E-state index is 5.75. The minimum atomic E-state index is 0.256. The van der Waals surface area contributed by atoms with E-state index in [0.29, 0.717) is 12.5 Å². The van der Waals surface area contributed by atoms with Crippen LogP contribution in [0.5, 0.6) is 5.75 Å². The van der Waals surface area contributed by atoms with Crippen molar-refractivity contribution in [2.45, 2.75) is 13.5 Å². The van der Waals surface area contributed by atoms with Crippen LogP contribution in [0.2, 0.25) is 0 Å². The third-order valence-corrected chi connectivity index (χ3v) is 3.78. The van der Waals surface area contributed by atoms with Crippen molar-refractivity contribution < 1.29 is 9.15 Å². The molecule has 1 N–H and O–H groups in total. The van der Waals surface area contributed by atoms with Crippen LogP contribution in [0.4, 0.5) is 0 Å². The number of H-pyrrole nitrogens is 1. The van der Waals surface area contributed by atoms with Gasteiger partial charge < -0.3 is 9.15 Å². The standard InChI is InChI=1S/C13H11N3O2S2/c1-8-4-2-3-5-9(8)17-7-11-14-6-10(20-11)12-15-16-13(19)18-12/h2-6H,7H2,1H3,(H,16,19). The number of rotatable bonds is 4. The predicted octanol–water partition coefficient (Wildman–Crippen LogP) is 3.74. The van der Waals surface area contributed by atoms with Gasteiger partial charge in [-0.25, -0.2) is 10.1 Å². The topological polar surface area (TPSA) is 63.9 Å². The highest BCUT2D eigenvalue weighted by Gasteiger charge is 2.10. The SMILES string of the molecule is Cc1ccccc1OCc1ncc(-c2n[nH]c(=S)o2)s1. The molecule has 1 aromatic carbocycles. The summed E-state index contributed by atoms with van der Waals surface area (Å²) >= 11 is 6.31. The maximum atomic E-state index is 5.75. The number of nitrogens with zero attached hydrogens (tertiary/aromatic N) is 2. The Balaban J connectivity index is 1.72. The van der Waals surface area contributed by atoms with Crippen LogP contribution in [0, 0.1) is 11.8 Å². The average Bonchev–Trinajstić information content (AvgIpc) is 3.06. The molecule has 0 saturated heterocycles. The van der Waals surface area contributed by atoms with E-state index in [1.807, 2.05) is 31.2 Å². The average molecular weight is 305 g/mol. The molecule has 0 fully saturated rings. The fourth-order valence-electron chi connectivity index (χ4n) is 1.67. The lowest BCUT2D eigenvalue weighted by atomic mass is 10.2. The largest absolute Gasteiger partial charge is 0.486 e. The summed E-state index contributed by atoms with van der Waals surface area (Å²) in [6.07, 6.45) is 1.70. The van der Waals surface area contributed by atoms with E-state index in [2.05, 4.69) is 15.2 Å². The van der Waals surface area contributed by atoms with Gasteiger partial charge in [0.25, 0.3) is 10.7 Å². The van der Waals surface area contributed by atoms with Crippen molar-refractivity contribution in [3.05, 3.63) is 45.9 Å². The van der Waals surface area contributed by atoms with E-state index in [9.17, 15) is 0 Å². The molecule has 0 spiro atoms. The van der Waals surface area contributed by atoms with E-state index < -0.39 is 0 Å². The summed E-state index contributed by atoms with van der Waals surface area (Å²) in [4.78, 5) is 5.37. The van der Waals surface area contributed by atoms with Crippen molar-refractivity contribution in [1.29, 1.82) is 0 Å². The van der Waals surface area contributed by atoms with Gasteiger partial charge in [0.1, 0.15) is 22.2 Å². The van der Waals surface area contributed by atoms with E-state index in [0.717, 1.165) is 21.2 Å². The summed E-state index contributed by atoms with van der Waals surface area (Å²) in [6.45, 7) is 2.43. The number of para-hydroxylation sites is 1. The molecule has 0 bridgehead atoms. The van der Waals surface area contributed by atoms with E-state index in [4.69, 9.17) is 21.4 Å². The van der Waals surface area contributed by atoms with Crippen LogP contribution in [-0.2, 0) is 6.61 Å². The summed E-state index contributed by atoms with van der Waals surface area (Å²) in [7, 11) is 0. The van der Waals surface area contributed by atoms with Gasteiger partial charge in [-0.2, -0.15) is 0 Å². The van der Waals surface area contributed by atoms with Crippen LogP contribution in [0.15, 0.2) is 34.9 Å². The number of ether oxygens (including phenoxy) is 1. The lowest BCUT2D eigenvalue weighted by molar-refractivity contribution is 0.303. The zero-order valence-corrected chi connectivity index (χ0v) is 12.3. The molecule has 102 valence electrons. The molecular weight excluding hydrogens is 294 g/mol. The Hall–Kier alpha value is -1.99. The smallest absolute Gasteiger partial charge is 0.284 e. The van der Waals surface area contributed by atoms with Crippen molar-refractivity contribution >= 4 is 23.6 Å². The van der Waals surface area contributed by atoms with E-state index in [1.54, 1.807) is 6.20 Å². The van der Waals surface area contributed by atoms with E-state index in [1.165, 1.54) is 11.3 Å². The van der Waals surface area contributed by atoms with Gasteiger partial charge in [0, 0.05) is 0 Å². The lowest BCUT2D eigenvalue weighted by Crippen LogP contribution is -1.95. The highest BCUT2D eigenvalue weighted by Crippen LogP contribution is 2.25. The summed E-state index contributed by atoms with van der Waals surface area (Å²) in [5.74, 6) is 1.32. The minimum Gasteiger partial charge on any atom is -0.486 e. The number of hydrogen-bond acceptors (Lipinski definition) is 6. The lowest BCUT2D eigenvalue weighted by Gasteiger charge is -2.06. The van der Waals surface area contributed by atoms with Gasteiger partial charge in [-0.05, 0) is 30.8 Å². The fourth-order valence-corrected chi connectivity index (χ4v) is 2.55. The van der Waals surface area contributed by atoms with E-state index >= 15 is 0 Å². The van der Waals surface area contributed by atoms with Crippen LogP contribution >= 0.6 is 23.6 Å². The van der Waals surface area contributed by atoms with Crippen molar-refractivity contribution in [3.63, 3.8) is 0 Å². The number of aromatic amines is 1. The van der Waals surface area contributed by atoms with Crippen LogP contribution in [0.1, 0.15) is 10.6 Å². The molecule has 0 aliphatic rings. The molecule has 3 rings (SSSR count). The van der Waals surface area contributed by atoms with Crippen molar-refractivity contribution in [2.24, 2.45) is 0 Å². The summed E-state index contributed by atoms with van der Waals surface area (Å²) in [5, 5.41) is 7.41. The number of benzene rings is 1. The zero-order chi connectivity index (χ0) is 13.9. The van der Waals surface area contributed by atoms with Gasteiger partial charge >= 0.3 is 0 Å². The Bertz CT molecular complexity index is 776. The number of hydrogen-bond donors (Lipinski definition) is 1. The van der Waals surface area contributed by atoms with Gasteiger partial charge in [0.2, 0.25) is 0 Å². The van der Waals surface area contributed by atoms with Gasteiger partial charge in [-0.3, -0.25) is 0 Å². The molecule has 0 radical (unpaired) electrons. The van der Waals surface area contributed by atoms with Gasteiger partial charge in [-0.15, -0.1) is 16.4 Å². The first-order valence-corrected chi connectivity index (χ1v) is 7.14. The highest BCUT2D eigenvalue weighted by molar-refractivity contribution is 7.71. The monoisotopic (exact) mass is 305 g/mol. The Morgan fingerprint density at radius 1 is 1.40 bits per heavy atom. The molecule has 0 amide bonds. The second kappa shape index (κ2) is 5.56. The molecule has 0 unspecified atom stereocenters. The molecule has 5 nitrogen and oxygen atoms in total. The molecule has 20 heavy (non-hydrogen) atoms. The first kappa shape index (κ1) is 13.0. The molecule has 7 heteroatoms. The Morgan fingerprint density at radius 2 is 2.25 bits per heavy atom. The summed E-state index contributed by atoms with van der Waals surface area (Å²) in [5.41, 5.74) is 1.10. The number of aromatic nitrogens is 3. The number of nitrogens with one attached hydrogen (secondary N) is 1. The third-order valence-electron chi connectivity index (χ3n) is 2.65. The molecule has 0 atom stereocenters. The van der Waals surface area contributed by atoms with E-state index in [-0.39, 0.29) is 4.84 Å². The normalized spacial score (nSPS) is 10.7. The number of aryl methyl sites for hydroxylation is 1. The van der Waals surface area contributed by atoms with Crippen molar-refractivity contribution in [3.8, 4) is 16.5 Å². The maximum Gasteiger partial charge on any atom is 0.284 e. The van der Waals surface area contributed by atoms with Crippen LogP contribution in [-0.4, -0.2) is 15.2 Å². The zero-order valence-electron chi connectivity index (χ0n) is 10.6. The van der Waals surface area contributed by atoms with Crippen LogP contribution < -0.4 is 4.74 Å². The quantitative estimate of drug-likeness (QED) is 0.744. The molecule has 2 heterocycles. The molecular formula is C13H11N3O2S2. The van der Waals surface area contributed by atoms with Crippen molar-refractivity contribution in [1.82, 2.24) is 15.2 Å². The molecule has 3 aromatic rings. The number of thiazole rings is 1. The first-order chi connectivity index (χ1) is 9.72. The third kappa shape index (κ3) is 2.78. The second-order valence-electron chi connectivity index (χ2n) is 4.09. The molecule has 0 aliphatic carbocycles. The fraction of sp³-hybridized carbons (Fsp3) is 0.154. The highest BCUT2D eigenvalue weighted by atomic mass is 32.1. The minimum absolute atomic E-state index is 0.256. The second-order valence-corrected chi connectivity index (χ2v) is 5.58. The summed E-state index contributed by atoms with van der Waals surface area (Å²) < 4.78 is 11.0. The van der Waals surface area contributed by atoms with Gasteiger partial charge in [0.05, 0.1) is 6.20 Å². The Labute approximate surface area is 124 Å². The van der Waals surface area contributed by atoms with Gasteiger partial charge in [-0.1, -0.05) is 18.2 Å². The summed E-state index contributed by atoms with van der Waals surface area (Å²) in [6, 6.07) is 7.88. The van der Waals surface area contributed by atoms with Crippen LogP contribution in [0.25, 0.3) is 10.8 Å². The predicted molar refractivity (Wildman–Crippen MR) is 78.3 cm³/mol. The Morgan fingerprint density at radius 3 is 3.00 bits per heavy atom. The molecule has 2 aromatic heterocycles. The molecule has 0 aliphatic heterocycles.